The zero-order valence-corrected chi connectivity index (χ0v) is 8.28. The summed E-state index contributed by atoms with van der Waals surface area (Å²) in [6.45, 7) is 0. The molecule has 0 atom stereocenters. The molecule has 0 aliphatic carbocycles. The summed E-state index contributed by atoms with van der Waals surface area (Å²) in [6, 6.07) is 1.73. The quantitative estimate of drug-likeness (QED) is 0.445. The molecule has 0 fully saturated rings. The van der Waals surface area contributed by atoms with E-state index in [2.05, 4.69) is 0 Å². The van der Waals surface area contributed by atoms with Gasteiger partial charge in [0.1, 0.15) is 11.4 Å². The first-order valence-corrected chi connectivity index (χ1v) is 4.22. The van der Waals surface area contributed by atoms with E-state index in [9.17, 15) is 17.6 Å². The van der Waals surface area contributed by atoms with Crippen LogP contribution < -0.4 is 5.73 Å². The Balaban J connectivity index is 3.38. The molecule has 0 saturated heterocycles. The Hall–Kier alpha value is -0.530. The molecule has 72 valence electrons. The molecule has 0 aliphatic rings. The molecule has 1 aromatic carbocycles. The van der Waals surface area contributed by atoms with Gasteiger partial charge in [-0.1, -0.05) is 0 Å². The topological polar surface area (TPSA) is 26.0 Å². The summed E-state index contributed by atoms with van der Waals surface area (Å²) < 4.78 is 49.0. The fourth-order valence-electron chi connectivity index (χ4n) is 0.864. The Morgan fingerprint density at radius 1 is 1.23 bits per heavy atom. The van der Waals surface area contributed by atoms with E-state index in [4.69, 9.17) is 5.73 Å². The fraction of sp³-hybridized carbons (Fsp3) is 0.143. The van der Waals surface area contributed by atoms with E-state index in [1.54, 1.807) is 0 Å². The average molecular weight is 305 g/mol. The minimum Gasteiger partial charge on any atom is -0.399 e. The normalized spacial score (nSPS) is 11.8. The Labute approximate surface area is 85.1 Å². The zero-order valence-electron chi connectivity index (χ0n) is 6.12. The highest BCUT2D eigenvalue weighted by Crippen LogP contribution is 2.35. The Morgan fingerprint density at radius 2 is 1.77 bits per heavy atom. The van der Waals surface area contributed by atoms with E-state index >= 15 is 0 Å². The van der Waals surface area contributed by atoms with Gasteiger partial charge in [-0.15, -0.1) is 0 Å². The van der Waals surface area contributed by atoms with Crippen molar-refractivity contribution < 1.29 is 17.6 Å². The Morgan fingerprint density at radius 3 is 2.15 bits per heavy atom. The highest BCUT2D eigenvalue weighted by Gasteiger charge is 2.36. The molecule has 6 heteroatoms. The van der Waals surface area contributed by atoms with Crippen LogP contribution in [-0.4, -0.2) is 0 Å². The molecule has 0 amide bonds. The third-order valence-corrected chi connectivity index (χ3v) is 2.20. The highest BCUT2D eigenvalue weighted by atomic mass is 127. The number of nitrogens with two attached hydrogens (primary N) is 1. The number of hydrogen-bond acceptors (Lipinski definition) is 1. The van der Waals surface area contributed by atoms with E-state index in [-0.39, 0.29) is 9.26 Å². The SMILES string of the molecule is Nc1cc(F)c(C(F)(F)F)c(I)c1. The van der Waals surface area contributed by atoms with Crippen LogP contribution in [0.4, 0.5) is 23.2 Å². The first-order valence-electron chi connectivity index (χ1n) is 3.14. The molecule has 0 unspecified atom stereocenters. The van der Waals surface area contributed by atoms with Crippen LogP contribution >= 0.6 is 22.6 Å². The molecule has 0 bridgehead atoms. The van der Waals surface area contributed by atoms with Gasteiger partial charge in [0.15, 0.2) is 0 Å². The van der Waals surface area contributed by atoms with Gasteiger partial charge in [0.05, 0.1) is 0 Å². The van der Waals surface area contributed by atoms with Crippen LogP contribution in [0, 0.1) is 9.39 Å². The fourth-order valence-corrected chi connectivity index (χ4v) is 1.79. The lowest BCUT2D eigenvalue weighted by Gasteiger charge is -2.10. The molecule has 0 heterocycles. The van der Waals surface area contributed by atoms with Gasteiger partial charge in [0.25, 0.3) is 0 Å². The average Bonchev–Trinajstić information content (AvgIpc) is 1.78. The predicted molar refractivity (Wildman–Crippen MR) is 48.5 cm³/mol. The molecule has 0 saturated carbocycles. The lowest BCUT2D eigenvalue weighted by Crippen LogP contribution is -2.11. The maximum Gasteiger partial charge on any atom is 0.420 e. The van der Waals surface area contributed by atoms with Crippen molar-refractivity contribution in [3.63, 3.8) is 0 Å². The van der Waals surface area contributed by atoms with Crippen molar-refractivity contribution >= 4 is 28.3 Å². The van der Waals surface area contributed by atoms with Crippen LogP contribution in [0.25, 0.3) is 0 Å². The number of anilines is 1. The molecule has 2 N–H and O–H groups in total. The van der Waals surface area contributed by atoms with Crippen LogP contribution in [0.1, 0.15) is 5.56 Å². The van der Waals surface area contributed by atoms with Gasteiger partial charge in [-0.2, -0.15) is 13.2 Å². The summed E-state index contributed by atoms with van der Waals surface area (Å²) in [6.07, 6.45) is -4.67. The van der Waals surface area contributed by atoms with E-state index < -0.39 is 17.6 Å². The molecule has 0 radical (unpaired) electrons. The van der Waals surface area contributed by atoms with Gasteiger partial charge in [0, 0.05) is 9.26 Å². The largest absolute Gasteiger partial charge is 0.420 e. The second-order valence-corrected chi connectivity index (χ2v) is 3.52. The van der Waals surface area contributed by atoms with Gasteiger partial charge >= 0.3 is 6.18 Å². The van der Waals surface area contributed by atoms with Crippen molar-refractivity contribution in [3.05, 3.63) is 27.1 Å². The summed E-state index contributed by atoms with van der Waals surface area (Å²) >= 11 is 1.40. The highest BCUT2D eigenvalue weighted by molar-refractivity contribution is 14.1. The molecule has 1 aromatic rings. The van der Waals surface area contributed by atoms with Gasteiger partial charge in [-0.3, -0.25) is 0 Å². The lowest BCUT2D eigenvalue weighted by atomic mass is 10.2. The van der Waals surface area contributed by atoms with Crippen LogP contribution in [0.2, 0.25) is 0 Å². The minimum atomic E-state index is -4.67. The van der Waals surface area contributed by atoms with Crippen LogP contribution in [0.5, 0.6) is 0 Å². The zero-order chi connectivity index (χ0) is 10.2. The molecule has 0 aliphatic heterocycles. The number of benzene rings is 1. The first kappa shape index (κ1) is 10.6. The van der Waals surface area contributed by atoms with Crippen molar-refractivity contribution in [3.8, 4) is 0 Å². The molecule has 13 heavy (non-hydrogen) atoms. The Bertz CT molecular complexity index is 311. The number of halogens is 5. The molecular formula is C7H4F4IN. The first-order chi connectivity index (χ1) is 5.82. The third-order valence-electron chi connectivity index (χ3n) is 1.35. The predicted octanol–water partition coefficient (Wildman–Crippen LogP) is 3.03. The monoisotopic (exact) mass is 305 g/mol. The summed E-state index contributed by atoms with van der Waals surface area (Å²) in [5.41, 5.74) is 3.88. The van der Waals surface area contributed by atoms with Crippen LogP contribution in [0.15, 0.2) is 12.1 Å². The number of nitrogen functional groups attached to an aromatic ring is 1. The molecular weight excluding hydrogens is 301 g/mol. The van der Waals surface area contributed by atoms with Crippen LogP contribution in [-0.2, 0) is 6.18 Å². The van der Waals surface area contributed by atoms with Gasteiger partial charge in [-0.05, 0) is 34.7 Å². The second kappa shape index (κ2) is 3.32. The van der Waals surface area contributed by atoms with Gasteiger partial charge < -0.3 is 5.73 Å². The minimum absolute atomic E-state index is 0.0186. The molecule has 0 aromatic heterocycles. The van der Waals surface area contributed by atoms with Gasteiger partial charge in [-0.25, -0.2) is 4.39 Å². The smallest absolute Gasteiger partial charge is 0.399 e. The summed E-state index contributed by atoms with van der Waals surface area (Å²) in [5.74, 6) is -1.34. The van der Waals surface area contributed by atoms with E-state index in [0.717, 1.165) is 6.07 Å². The van der Waals surface area contributed by atoms with E-state index in [0.29, 0.717) is 6.07 Å². The van der Waals surface area contributed by atoms with Crippen molar-refractivity contribution in [2.45, 2.75) is 6.18 Å². The lowest BCUT2D eigenvalue weighted by molar-refractivity contribution is -0.140. The van der Waals surface area contributed by atoms with Crippen molar-refractivity contribution in [2.75, 3.05) is 5.73 Å². The second-order valence-electron chi connectivity index (χ2n) is 2.36. The van der Waals surface area contributed by atoms with Crippen molar-refractivity contribution in [1.29, 1.82) is 0 Å². The van der Waals surface area contributed by atoms with E-state index in [1.807, 2.05) is 0 Å². The summed E-state index contributed by atoms with van der Waals surface area (Å²) in [5, 5.41) is 0. The molecule has 0 spiro atoms. The summed E-state index contributed by atoms with van der Waals surface area (Å²) in [4.78, 5) is 0. The Kier molecular flexibility index (Phi) is 2.69. The number of alkyl halides is 3. The number of hydrogen-bond donors (Lipinski definition) is 1. The molecule has 1 rings (SSSR count). The van der Waals surface area contributed by atoms with Crippen molar-refractivity contribution in [2.24, 2.45) is 0 Å². The summed E-state index contributed by atoms with van der Waals surface area (Å²) in [7, 11) is 0. The van der Waals surface area contributed by atoms with E-state index in [1.165, 1.54) is 22.6 Å². The molecule has 1 nitrogen and oxygen atoms in total. The van der Waals surface area contributed by atoms with Gasteiger partial charge in [0.2, 0.25) is 0 Å². The maximum atomic E-state index is 12.8. The van der Waals surface area contributed by atoms with Crippen molar-refractivity contribution in [1.82, 2.24) is 0 Å². The maximum absolute atomic E-state index is 12.8. The third kappa shape index (κ3) is 2.23. The number of rotatable bonds is 0. The standard InChI is InChI=1S/C7H4F4IN/c8-4-1-3(13)2-5(12)6(4)7(9,10)11/h1-2H,13H2. The van der Waals surface area contributed by atoms with Crippen LogP contribution in [0.3, 0.4) is 0 Å².